The van der Waals surface area contributed by atoms with Crippen molar-refractivity contribution in [1.82, 2.24) is 10.6 Å². The second-order valence-corrected chi connectivity index (χ2v) is 8.02. The van der Waals surface area contributed by atoms with Crippen molar-refractivity contribution in [3.8, 4) is 0 Å². The molecule has 1 saturated heterocycles. The maximum atomic E-state index is 12.4. The number of amides is 1. The van der Waals surface area contributed by atoms with Gasteiger partial charge in [0.1, 0.15) is 0 Å². The zero-order valence-electron chi connectivity index (χ0n) is 14.2. The van der Waals surface area contributed by atoms with Crippen molar-refractivity contribution >= 4 is 34.0 Å². The first-order valence-electron chi connectivity index (χ1n) is 7.86. The van der Waals surface area contributed by atoms with Gasteiger partial charge in [0.2, 0.25) is 15.9 Å². The highest BCUT2D eigenvalue weighted by molar-refractivity contribution is 7.92. The number of benzene rings is 1. The fourth-order valence-electron chi connectivity index (χ4n) is 2.95. The quantitative estimate of drug-likeness (QED) is 0.735. The molecule has 2 rings (SSSR count). The van der Waals surface area contributed by atoms with Crippen molar-refractivity contribution in [2.75, 3.05) is 17.5 Å². The Bertz CT molecular complexity index is 666. The number of hydrogen-bond acceptors (Lipinski definition) is 4. The molecule has 8 heteroatoms. The Hall–Kier alpha value is -1.31. The minimum Gasteiger partial charge on any atom is -0.349 e. The highest BCUT2D eigenvalue weighted by Gasteiger charge is 2.26. The van der Waals surface area contributed by atoms with Gasteiger partial charge in [-0.3, -0.25) is 9.52 Å². The van der Waals surface area contributed by atoms with E-state index in [0.29, 0.717) is 11.7 Å². The van der Waals surface area contributed by atoms with Crippen molar-refractivity contribution < 1.29 is 13.2 Å². The lowest BCUT2D eigenvalue weighted by molar-refractivity contribution is -0.126. The van der Waals surface area contributed by atoms with E-state index in [9.17, 15) is 13.2 Å². The molecule has 0 saturated carbocycles. The van der Waals surface area contributed by atoms with Crippen molar-refractivity contribution in [3.63, 3.8) is 0 Å². The monoisotopic (exact) mass is 375 g/mol. The van der Waals surface area contributed by atoms with Crippen LogP contribution in [0.4, 0.5) is 5.69 Å². The number of hydrogen-bond donors (Lipinski definition) is 3. The zero-order chi connectivity index (χ0) is 17.0. The van der Waals surface area contributed by atoms with Gasteiger partial charge >= 0.3 is 0 Å². The van der Waals surface area contributed by atoms with Crippen LogP contribution in [0.1, 0.15) is 38.3 Å². The van der Waals surface area contributed by atoms with E-state index < -0.39 is 10.0 Å². The average Bonchev–Trinajstić information content (AvgIpc) is 2.46. The summed E-state index contributed by atoms with van der Waals surface area (Å²) < 4.78 is 25.5. The third-order valence-corrected chi connectivity index (χ3v) is 4.67. The van der Waals surface area contributed by atoms with E-state index in [0.717, 1.165) is 31.2 Å². The van der Waals surface area contributed by atoms with Gasteiger partial charge in [-0.25, -0.2) is 8.42 Å². The largest absolute Gasteiger partial charge is 0.349 e. The molecule has 0 aromatic heterocycles. The van der Waals surface area contributed by atoms with Gasteiger partial charge in [-0.15, -0.1) is 12.4 Å². The number of piperidine rings is 1. The van der Waals surface area contributed by atoms with Gasteiger partial charge in [-0.2, -0.15) is 0 Å². The molecule has 3 N–H and O–H groups in total. The smallest absolute Gasteiger partial charge is 0.229 e. The summed E-state index contributed by atoms with van der Waals surface area (Å²) in [6.07, 6.45) is 2.76. The van der Waals surface area contributed by atoms with E-state index >= 15 is 0 Å². The molecule has 1 amide bonds. The van der Waals surface area contributed by atoms with Crippen LogP contribution < -0.4 is 15.4 Å². The number of carbonyl (C=O) groups is 1. The van der Waals surface area contributed by atoms with Crippen molar-refractivity contribution in [1.29, 1.82) is 0 Å². The summed E-state index contributed by atoms with van der Waals surface area (Å²) in [6, 6.07) is 7.19. The molecule has 0 bridgehead atoms. The third-order valence-electron chi connectivity index (χ3n) is 4.08. The summed E-state index contributed by atoms with van der Waals surface area (Å²) in [7, 11) is -3.36. The normalized spacial score (nSPS) is 22.1. The molecular weight excluding hydrogens is 350 g/mol. The van der Waals surface area contributed by atoms with Gasteiger partial charge in [0, 0.05) is 12.0 Å². The fourth-order valence-corrected chi connectivity index (χ4v) is 3.53. The molecule has 0 spiro atoms. The summed E-state index contributed by atoms with van der Waals surface area (Å²) >= 11 is 0. The molecule has 1 aliphatic rings. The number of para-hydroxylation sites is 1. The first kappa shape index (κ1) is 20.7. The number of rotatable bonds is 5. The van der Waals surface area contributed by atoms with Gasteiger partial charge < -0.3 is 10.6 Å². The number of anilines is 1. The standard InChI is InChI=1S/C16H25N3O3S.ClH/c1-11-10-13(8-9-17-11)16(20)18-12(2)14-6-4-5-7-15(14)19-23(3,21)22;/h4-7,11-13,17,19H,8-10H2,1-3H3,(H,18,20);1H/t11-,12?,13-;/m0./s1. The highest BCUT2D eigenvalue weighted by Crippen LogP contribution is 2.24. The van der Waals surface area contributed by atoms with Crippen LogP contribution in [-0.4, -0.2) is 33.2 Å². The molecular formula is C16H26ClN3O3S. The summed E-state index contributed by atoms with van der Waals surface area (Å²) in [5.74, 6) is 0.0312. The number of halogens is 1. The van der Waals surface area contributed by atoms with E-state index in [1.807, 2.05) is 19.1 Å². The van der Waals surface area contributed by atoms with Crippen LogP contribution in [0, 0.1) is 5.92 Å². The molecule has 1 aromatic carbocycles. The summed E-state index contributed by atoms with van der Waals surface area (Å²) in [5.41, 5.74) is 1.26. The summed E-state index contributed by atoms with van der Waals surface area (Å²) in [5, 5.41) is 6.34. The Kier molecular flexibility index (Phi) is 7.51. The van der Waals surface area contributed by atoms with E-state index in [4.69, 9.17) is 0 Å². The van der Waals surface area contributed by atoms with Crippen LogP contribution in [0.25, 0.3) is 0 Å². The number of carbonyl (C=O) groups excluding carboxylic acids is 1. The van der Waals surface area contributed by atoms with Crippen molar-refractivity contribution in [2.45, 2.75) is 38.8 Å². The molecule has 0 aliphatic carbocycles. The molecule has 1 aliphatic heterocycles. The second-order valence-electron chi connectivity index (χ2n) is 6.27. The zero-order valence-corrected chi connectivity index (χ0v) is 15.8. The maximum Gasteiger partial charge on any atom is 0.229 e. The predicted molar refractivity (Wildman–Crippen MR) is 98.9 cm³/mol. The lowest BCUT2D eigenvalue weighted by Crippen LogP contribution is -2.43. The van der Waals surface area contributed by atoms with Crippen LogP contribution in [0.15, 0.2) is 24.3 Å². The number of nitrogens with one attached hydrogen (secondary N) is 3. The topological polar surface area (TPSA) is 87.3 Å². The average molecular weight is 376 g/mol. The van der Waals surface area contributed by atoms with E-state index in [1.165, 1.54) is 0 Å². The van der Waals surface area contributed by atoms with Gasteiger partial charge in [-0.05, 0) is 44.9 Å². The van der Waals surface area contributed by atoms with Crippen LogP contribution >= 0.6 is 12.4 Å². The Balaban J connectivity index is 0.00000288. The maximum absolute atomic E-state index is 12.4. The Morgan fingerprint density at radius 1 is 1.33 bits per heavy atom. The van der Waals surface area contributed by atoms with E-state index in [1.54, 1.807) is 12.1 Å². The fraction of sp³-hybridized carbons (Fsp3) is 0.562. The molecule has 136 valence electrons. The lowest BCUT2D eigenvalue weighted by Gasteiger charge is -2.28. The molecule has 24 heavy (non-hydrogen) atoms. The summed E-state index contributed by atoms with van der Waals surface area (Å²) in [6.45, 7) is 4.79. The van der Waals surface area contributed by atoms with Gasteiger partial charge in [-0.1, -0.05) is 18.2 Å². The van der Waals surface area contributed by atoms with Crippen LogP contribution in [0.2, 0.25) is 0 Å². The third kappa shape index (κ3) is 5.96. The van der Waals surface area contributed by atoms with E-state index in [2.05, 4.69) is 22.3 Å². The molecule has 6 nitrogen and oxygen atoms in total. The van der Waals surface area contributed by atoms with Gasteiger partial charge in [0.15, 0.2) is 0 Å². The Labute approximate surface area is 150 Å². The minimum atomic E-state index is -3.36. The van der Waals surface area contributed by atoms with Crippen LogP contribution in [0.5, 0.6) is 0 Å². The number of sulfonamides is 1. The van der Waals surface area contributed by atoms with E-state index in [-0.39, 0.29) is 30.3 Å². The molecule has 0 radical (unpaired) electrons. The molecule has 1 aromatic rings. The van der Waals surface area contributed by atoms with Crippen LogP contribution in [0.3, 0.4) is 0 Å². The SMILES string of the molecule is CC(NC(=O)[C@H]1CCN[C@@H](C)C1)c1ccccc1NS(C)(=O)=O.Cl. The molecule has 1 heterocycles. The Morgan fingerprint density at radius 3 is 2.62 bits per heavy atom. The lowest BCUT2D eigenvalue weighted by atomic mass is 9.92. The second kappa shape index (κ2) is 8.69. The van der Waals surface area contributed by atoms with Crippen molar-refractivity contribution in [2.24, 2.45) is 5.92 Å². The first-order valence-corrected chi connectivity index (χ1v) is 9.76. The summed E-state index contributed by atoms with van der Waals surface area (Å²) in [4.78, 5) is 12.4. The van der Waals surface area contributed by atoms with Gasteiger partial charge in [0.25, 0.3) is 0 Å². The van der Waals surface area contributed by atoms with Crippen molar-refractivity contribution in [3.05, 3.63) is 29.8 Å². The minimum absolute atomic E-state index is 0. The highest BCUT2D eigenvalue weighted by atomic mass is 35.5. The van der Waals surface area contributed by atoms with Crippen LogP contribution in [-0.2, 0) is 14.8 Å². The van der Waals surface area contributed by atoms with Gasteiger partial charge in [0.05, 0.1) is 18.0 Å². The predicted octanol–water partition coefficient (Wildman–Crippen LogP) is 2.05. The molecule has 3 atom stereocenters. The Morgan fingerprint density at radius 2 is 2.00 bits per heavy atom. The molecule has 1 unspecified atom stereocenters. The first-order chi connectivity index (χ1) is 10.8. The molecule has 1 fully saturated rings.